The second-order valence-corrected chi connectivity index (χ2v) is 9.67. The molecule has 32 heavy (non-hydrogen) atoms. The Morgan fingerprint density at radius 3 is 2.62 bits per heavy atom. The molecule has 4 nitrogen and oxygen atoms in total. The quantitative estimate of drug-likeness (QED) is 0.515. The maximum absolute atomic E-state index is 14.4. The summed E-state index contributed by atoms with van der Waals surface area (Å²) in [4.78, 5) is 14.4. The molecule has 2 unspecified atom stereocenters. The molecule has 7 heteroatoms. The molecule has 1 aromatic heterocycles. The average molecular weight is 442 g/mol. The Hall–Kier alpha value is -2.80. The molecule has 2 atom stereocenters. The van der Waals surface area contributed by atoms with Crippen LogP contribution in [0.2, 0.25) is 0 Å². The van der Waals surface area contributed by atoms with Crippen molar-refractivity contribution in [2.75, 3.05) is 5.32 Å². The summed E-state index contributed by atoms with van der Waals surface area (Å²) < 4.78 is 43.3. The first-order valence-electron chi connectivity index (χ1n) is 10.8. The molecule has 168 valence electrons. The standard InChI is InChI=1S/C25H25F3N2O2/c1-23(2)13-24(32,25(26,27)28)22(17-10-9-14-5-3-6-15(14)21(17)23)30-19-8-4-7-18-16(19)11-12-20(31)29-18/h4,7-12,22,30,32H,3,5-6,13H2,1-2H3,(H,29,31). The lowest BCUT2D eigenvalue weighted by molar-refractivity contribution is -0.275. The molecule has 0 bridgehead atoms. The molecular weight excluding hydrogens is 417 g/mol. The summed E-state index contributed by atoms with van der Waals surface area (Å²) in [5.41, 5.74) is 0.595. The van der Waals surface area contributed by atoms with E-state index in [4.69, 9.17) is 0 Å². The highest BCUT2D eigenvalue weighted by Crippen LogP contribution is 2.56. The molecule has 2 aromatic carbocycles. The number of aliphatic hydroxyl groups is 1. The van der Waals surface area contributed by atoms with Gasteiger partial charge in [-0.2, -0.15) is 13.2 Å². The number of fused-ring (bicyclic) bond motifs is 4. The van der Waals surface area contributed by atoms with Gasteiger partial charge in [0.05, 0.1) is 11.6 Å². The van der Waals surface area contributed by atoms with E-state index < -0.39 is 29.7 Å². The molecular formula is C25H25F3N2O2. The lowest BCUT2D eigenvalue weighted by Gasteiger charge is -2.49. The molecule has 1 heterocycles. The maximum atomic E-state index is 14.4. The van der Waals surface area contributed by atoms with Gasteiger partial charge >= 0.3 is 6.18 Å². The zero-order chi connectivity index (χ0) is 22.9. The van der Waals surface area contributed by atoms with Crippen molar-refractivity contribution in [3.63, 3.8) is 0 Å². The van der Waals surface area contributed by atoms with Crippen molar-refractivity contribution in [3.05, 3.63) is 75.1 Å². The third-order valence-corrected chi connectivity index (χ3v) is 7.05. The van der Waals surface area contributed by atoms with Crippen molar-refractivity contribution in [1.29, 1.82) is 0 Å². The van der Waals surface area contributed by atoms with Gasteiger partial charge in [0.2, 0.25) is 5.56 Å². The van der Waals surface area contributed by atoms with E-state index in [9.17, 15) is 23.1 Å². The van der Waals surface area contributed by atoms with Gasteiger partial charge in [0.25, 0.3) is 0 Å². The van der Waals surface area contributed by atoms with Crippen LogP contribution in [0.25, 0.3) is 10.9 Å². The Kier molecular flexibility index (Phi) is 4.51. The van der Waals surface area contributed by atoms with Gasteiger partial charge in [0.1, 0.15) is 0 Å². The van der Waals surface area contributed by atoms with Crippen LogP contribution in [-0.2, 0) is 18.3 Å². The molecule has 2 aliphatic rings. The Morgan fingerprint density at radius 2 is 1.88 bits per heavy atom. The number of H-pyrrole nitrogens is 1. The topological polar surface area (TPSA) is 65.1 Å². The minimum atomic E-state index is -4.84. The maximum Gasteiger partial charge on any atom is 0.419 e. The SMILES string of the molecule is CC1(C)CC(O)(C(F)(F)F)C(Nc2cccc3[nH]c(=O)ccc23)c2ccc3c(c21)CCC3. The first kappa shape index (κ1) is 21.1. The highest BCUT2D eigenvalue weighted by atomic mass is 19.4. The van der Waals surface area contributed by atoms with Gasteiger partial charge in [-0.3, -0.25) is 4.79 Å². The van der Waals surface area contributed by atoms with E-state index >= 15 is 0 Å². The van der Waals surface area contributed by atoms with E-state index in [2.05, 4.69) is 10.3 Å². The zero-order valence-electron chi connectivity index (χ0n) is 17.9. The van der Waals surface area contributed by atoms with Crippen LogP contribution in [-0.4, -0.2) is 21.9 Å². The predicted molar refractivity (Wildman–Crippen MR) is 118 cm³/mol. The minimum Gasteiger partial charge on any atom is -0.379 e. The van der Waals surface area contributed by atoms with E-state index in [-0.39, 0.29) is 5.56 Å². The minimum absolute atomic E-state index is 0.290. The Balaban J connectivity index is 1.73. The number of pyridine rings is 1. The van der Waals surface area contributed by atoms with Crippen molar-refractivity contribution in [1.82, 2.24) is 4.98 Å². The Morgan fingerprint density at radius 1 is 1.09 bits per heavy atom. The molecule has 0 fully saturated rings. The Bertz CT molecular complexity index is 1280. The van der Waals surface area contributed by atoms with Crippen LogP contribution in [0, 0.1) is 0 Å². The molecule has 3 aromatic rings. The van der Waals surface area contributed by atoms with E-state index in [1.54, 1.807) is 44.2 Å². The first-order valence-corrected chi connectivity index (χ1v) is 10.8. The van der Waals surface area contributed by atoms with Crippen molar-refractivity contribution < 1.29 is 18.3 Å². The van der Waals surface area contributed by atoms with Gasteiger partial charge in [-0.25, -0.2) is 0 Å². The summed E-state index contributed by atoms with van der Waals surface area (Å²) in [6.45, 7) is 3.58. The molecule has 0 aliphatic heterocycles. The summed E-state index contributed by atoms with van der Waals surface area (Å²) in [6.07, 6.45) is -2.52. The summed E-state index contributed by atoms with van der Waals surface area (Å²) in [5, 5.41) is 14.9. The number of hydrogen-bond acceptors (Lipinski definition) is 3. The van der Waals surface area contributed by atoms with Crippen LogP contribution in [0.15, 0.2) is 47.3 Å². The van der Waals surface area contributed by atoms with Crippen LogP contribution < -0.4 is 10.9 Å². The number of aryl methyl sites for hydroxylation is 1. The number of nitrogens with one attached hydrogen (secondary N) is 2. The number of rotatable bonds is 2. The van der Waals surface area contributed by atoms with Crippen LogP contribution in [0.5, 0.6) is 0 Å². The number of halogens is 3. The number of aromatic nitrogens is 1. The summed E-state index contributed by atoms with van der Waals surface area (Å²) >= 11 is 0. The average Bonchev–Trinajstić information content (AvgIpc) is 3.17. The van der Waals surface area contributed by atoms with Gasteiger partial charge < -0.3 is 15.4 Å². The van der Waals surface area contributed by atoms with Crippen molar-refractivity contribution in [2.24, 2.45) is 0 Å². The van der Waals surface area contributed by atoms with Gasteiger partial charge in [-0.1, -0.05) is 32.0 Å². The van der Waals surface area contributed by atoms with Gasteiger partial charge in [-0.15, -0.1) is 0 Å². The molecule has 2 aliphatic carbocycles. The molecule has 0 saturated carbocycles. The van der Waals surface area contributed by atoms with E-state index in [0.29, 0.717) is 22.2 Å². The summed E-state index contributed by atoms with van der Waals surface area (Å²) in [6, 6.07) is 10.2. The third-order valence-electron chi connectivity index (χ3n) is 7.05. The molecule has 0 amide bonds. The van der Waals surface area contributed by atoms with E-state index in [0.717, 1.165) is 30.4 Å². The zero-order valence-corrected chi connectivity index (χ0v) is 17.9. The van der Waals surface area contributed by atoms with E-state index in [1.807, 2.05) is 6.07 Å². The lowest BCUT2D eigenvalue weighted by atomic mass is 9.62. The van der Waals surface area contributed by atoms with Crippen LogP contribution in [0.3, 0.4) is 0 Å². The normalized spacial score (nSPS) is 24.2. The number of alkyl halides is 3. The predicted octanol–water partition coefficient (Wildman–Crippen LogP) is 5.14. The largest absolute Gasteiger partial charge is 0.419 e. The van der Waals surface area contributed by atoms with Crippen molar-refractivity contribution in [3.8, 4) is 0 Å². The second kappa shape index (κ2) is 6.85. The fourth-order valence-electron chi connectivity index (χ4n) is 5.78. The fraction of sp³-hybridized carbons (Fsp3) is 0.400. The van der Waals surface area contributed by atoms with Crippen LogP contribution in [0.4, 0.5) is 18.9 Å². The smallest absolute Gasteiger partial charge is 0.379 e. The summed E-state index contributed by atoms with van der Waals surface area (Å²) in [7, 11) is 0. The molecule has 5 rings (SSSR count). The lowest BCUT2D eigenvalue weighted by Crippen LogP contribution is -2.58. The van der Waals surface area contributed by atoms with Gasteiger partial charge in [-0.05, 0) is 71.6 Å². The van der Waals surface area contributed by atoms with Crippen molar-refractivity contribution in [2.45, 2.75) is 62.8 Å². The summed E-state index contributed by atoms with van der Waals surface area (Å²) in [5.74, 6) is 0. The number of hydrogen-bond donors (Lipinski definition) is 3. The monoisotopic (exact) mass is 442 g/mol. The number of benzene rings is 2. The Labute approximate surface area is 183 Å². The van der Waals surface area contributed by atoms with Gasteiger partial charge in [0.15, 0.2) is 5.60 Å². The van der Waals surface area contributed by atoms with Crippen LogP contribution in [0.1, 0.15) is 55.0 Å². The highest BCUT2D eigenvalue weighted by molar-refractivity contribution is 5.91. The van der Waals surface area contributed by atoms with Crippen molar-refractivity contribution >= 4 is 16.6 Å². The molecule has 0 spiro atoms. The second-order valence-electron chi connectivity index (χ2n) is 9.67. The molecule has 0 radical (unpaired) electrons. The highest BCUT2D eigenvalue weighted by Gasteiger charge is 2.64. The molecule has 3 N–H and O–H groups in total. The third kappa shape index (κ3) is 3.05. The first-order chi connectivity index (χ1) is 15.0. The molecule has 0 saturated heterocycles. The number of aromatic amines is 1. The number of anilines is 1. The van der Waals surface area contributed by atoms with Gasteiger partial charge in [0, 0.05) is 17.1 Å². The van der Waals surface area contributed by atoms with E-state index in [1.165, 1.54) is 11.6 Å². The van der Waals surface area contributed by atoms with Crippen LogP contribution >= 0.6 is 0 Å². The fourth-order valence-corrected chi connectivity index (χ4v) is 5.78.